The molecule has 1 aromatic heterocycles. The molecule has 1 heterocycles. The van der Waals surface area contributed by atoms with Gasteiger partial charge in [0.15, 0.2) is 11.5 Å². The Kier molecular flexibility index (Phi) is 4.83. The SMILES string of the molecule is COc1ccnc(CN[C@H]2CCC[C@]2(C)CO)c1OC. The summed E-state index contributed by atoms with van der Waals surface area (Å²) in [6.07, 6.45) is 5.02. The number of aliphatic hydroxyl groups excluding tert-OH is 1. The maximum absolute atomic E-state index is 9.58. The fraction of sp³-hybridized carbons (Fsp3) is 0.667. The number of aromatic nitrogens is 1. The van der Waals surface area contributed by atoms with E-state index >= 15 is 0 Å². The van der Waals surface area contributed by atoms with Crippen LogP contribution in [0.5, 0.6) is 11.5 Å². The third-order valence-corrected chi connectivity index (χ3v) is 4.33. The summed E-state index contributed by atoms with van der Waals surface area (Å²) in [5, 5.41) is 13.1. The van der Waals surface area contributed by atoms with Gasteiger partial charge in [0.1, 0.15) is 0 Å². The van der Waals surface area contributed by atoms with Crippen LogP contribution in [0.3, 0.4) is 0 Å². The monoisotopic (exact) mass is 280 g/mol. The van der Waals surface area contributed by atoms with E-state index in [2.05, 4.69) is 17.2 Å². The van der Waals surface area contributed by atoms with Crippen LogP contribution in [0.2, 0.25) is 0 Å². The van der Waals surface area contributed by atoms with Crippen molar-refractivity contribution < 1.29 is 14.6 Å². The van der Waals surface area contributed by atoms with Gasteiger partial charge in [0, 0.05) is 36.9 Å². The Morgan fingerprint density at radius 1 is 1.45 bits per heavy atom. The van der Waals surface area contributed by atoms with E-state index in [1.165, 1.54) is 0 Å². The van der Waals surface area contributed by atoms with E-state index < -0.39 is 0 Å². The summed E-state index contributed by atoms with van der Waals surface area (Å²) in [4.78, 5) is 4.36. The van der Waals surface area contributed by atoms with E-state index in [1.54, 1.807) is 26.5 Å². The Hall–Kier alpha value is -1.33. The van der Waals surface area contributed by atoms with Gasteiger partial charge in [-0.15, -0.1) is 0 Å². The Morgan fingerprint density at radius 3 is 2.90 bits per heavy atom. The van der Waals surface area contributed by atoms with Gasteiger partial charge in [0.25, 0.3) is 0 Å². The molecular weight excluding hydrogens is 256 g/mol. The lowest BCUT2D eigenvalue weighted by Gasteiger charge is -2.30. The van der Waals surface area contributed by atoms with Crippen LogP contribution in [0.1, 0.15) is 31.9 Å². The Labute approximate surface area is 120 Å². The van der Waals surface area contributed by atoms with Gasteiger partial charge in [-0.25, -0.2) is 0 Å². The van der Waals surface area contributed by atoms with E-state index in [1.807, 2.05) is 0 Å². The van der Waals surface area contributed by atoms with Gasteiger partial charge in [-0.05, 0) is 12.8 Å². The van der Waals surface area contributed by atoms with Crippen LogP contribution in [0.25, 0.3) is 0 Å². The van der Waals surface area contributed by atoms with Crippen LogP contribution in [-0.4, -0.2) is 37.0 Å². The number of ether oxygens (including phenoxy) is 2. The van der Waals surface area contributed by atoms with E-state index in [-0.39, 0.29) is 12.0 Å². The predicted octanol–water partition coefficient (Wildman–Crippen LogP) is 1.74. The number of nitrogens with one attached hydrogen (secondary N) is 1. The highest BCUT2D eigenvalue weighted by Gasteiger charge is 2.37. The van der Waals surface area contributed by atoms with Crippen LogP contribution < -0.4 is 14.8 Å². The molecule has 1 aliphatic rings. The molecule has 20 heavy (non-hydrogen) atoms. The molecule has 2 atom stereocenters. The largest absolute Gasteiger partial charge is 0.493 e. The number of aliphatic hydroxyl groups is 1. The van der Waals surface area contributed by atoms with Crippen LogP contribution in [0, 0.1) is 5.41 Å². The van der Waals surface area contributed by atoms with Gasteiger partial charge in [0.2, 0.25) is 0 Å². The summed E-state index contributed by atoms with van der Waals surface area (Å²) >= 11 is 0. The minimum absolute atomic E-state index is 0.0356. The lowest BCUT2D eigenvalue weighted by molar-refractivity contribution is 0.118. The average Bonchev–Trinajstić information content (AvgIpc) is 2.86. The fourth-order valence-electron chi connectivity index (χ4n) is 2.97. The first-order chi connectivity index (χ1) is 9.64. The molecule has 0 saturated heterocycles. The number of hydrogen-bond donors (Lipinski definition) is 2. The Morgan fingerprint density at radius 2 is 2.25 bits per heavy atom. The van der Waals surface area contributed by atoms with Crippen molar-refractivity contribution in [2.75, 3.05) is 20.8 Å². The molecule has 0 radical (unpaired) electrons. The molecule has 0 bridgehead atoms. The van der Waals surface area contributed by atoms with Crippen molar-refractivity contribution in [1.29, 1.82) is 0 Å². The highest BCUT2D eigenvalue weighted by Crippen LogP contribution is 2.38. The van der Waals surface area contributed by atoms with Crippen LogP contribution in [0.4, 0.5) is 0 Å². The lowest BCUT2D eigenvalue weighted by Crippen LogP contribution is -2.41. The van der Waals surface area contributed by atoms with Gasteiger partial charge in [-0.2, -0.15) is 0 Å². The van der Waals surface area contributed by atoms with Crippen molar-refractivity contribution in [2.24, 2.45) is 5.41 Å². The molecule has 5 nitrogen and oxygen atoms in total. The normalized spacial score (nSPS) is 25.7. The number of rotatable bonds is 6. The molecule has 1 saturated carbocycles. The van der Waals surface area contributed by atoms with E-state index in [9.17, 15) is 5.11 Å². The third kappa shape index (κ3) is 2.88. The van der Waals surface area contributed by atoms with Gasteiger partial charge in [0.05, 0.1) is 19.9 Å². The topological polar surface area (TPSA) is 63.6 Å². The average molecular weight is 280 g/mol. The molecule has 112 valence electrons. The third-order valence-electron chi connectivity index (χ3n) is 4.33. The number of nitrogens with zero attached hydrogens (tertiary/aromatic N) is 1. The lowest BCUT2D eigenvalue weighted by atomic mass is 9.86. The van der Waals surface area contributed by atoms with Crippen molar-refractivity contribution in [3.63, 3.8) is 0 Å². The van der Waals surface area contributed by atoms with Crippen molar-refractivity contribution in [3.8, 4) is 11.5 Å². The zero-order chi connectivity index (χ0) is 14.6. The molecule has 0 aliphatic heterocycles. The van der Waals surface area contributed by atoms with Gasteiger partial charge < -0.3 is 19.9 Å². The summed E-state index contributed by atoms with van der Waals surface area (Å²) in [5.41, 5.74) is 0.797. The Balaban J connectivity index is 2.08. The summed E-state index contributed by atoms with van der Waals surface area (Å²) in [6.45, 7) is 2.96. The quantitative estimate of drug-likeness (QED) is 0.831. The molecule has 0 spiro atoms. The molecule has 2 rings (SSSR count). The van der Waals surface area contributed by atoms with Gasteiger partial charge in [-0.3, -0.25) is 4.98 Å². The zero-order valence-electron chi connectivity index (χ0n) is 12.5. The molecule has 0 aromatic carbocycles. The van der Waals surface area contributed by atoms with E-state index in [4.69, 9.17) is 9.47 Å². The minimum atomic E-state index is -0.0356. The predicted molar refractivity (Wildman–Crippen MR) is 77.0 cm³/mol. The first kappa shape index (κ1) is 15.1. The van der Waals surface area contributed by atoms with Crippen LogP contribution in [0.15, 0.2) is 12.3 Å². The van der Waals surface area contributed by atoms with Crippen molar-refractivity contribution in [2.45, 2.75) is 38.8 Å². The van der Waals surface area contributed by atoms with Gasteiger partial charge >= 0.3 is 0 Å². The second-order valence-corrected chi connectivity index (χ2v) is 5.63. The fourth-order valence-corrected chi connectivity index (χ4v) is 2.97. The Bertz CT molecular complexity index is 453. The van der Waals surface area contributed by atoms with Crippen molar-refractivity contribution in [3.05, 3.63) is 18.0 Å². The first-order valence-electron chi connectivity index (χ1n) is 7.04. The maximum atomic E-state index is 9.58. The van der Waals surface area contributed by atoms with Crippen molar-refractivity contribution >= 4 is 0 Å². The number of hydrogen-bond acceptors (Lipinski definition) is 5. The number of methoxy groups -OCH3 is 2. The first-order valence-corrected chi connectivity index (χ1v) is 7.04. The second kappa shape index (κ2) is 6.41. The standard InChI is InChI=1S/C15H24N2O3/c1-15(10-18)7-4-5-13(15)17-9-11-14(20-3)12(19-2)6-8-16-11/h6,8,13,17-18H,4-5,7,9-10H2,1-3H3/t13-,15+/m0/s1. The van der Waals surface area contributed by atoms with E-state index in [0.29, 0.717) is 24.1 Å². The highest BCUT2D eigenvalue weighted by atomic mass is 16.5. The molecule has 0 amide bonds. The molecule has 0 unspecified atom stereocenters. The minimum Gasteiger partial charge on any atom is -0.493 e. The molecule has 1 fully saturated rings. The van der Waals surface area contributed by atoms with Crippen molar-refractivity contribution in [1.82, 2.24) is 10.3 Å². The van der Waals surface area contributed by atoms with E-state index in [0.717, 1.165) is 25.0 Å². The zero-order valence-corrected chi connectivity index (χ0v) is 12.5. The smallest absolute Gasteiger partial charge is 0.183 e. The summed E-state index contributed by atoms with van der Waals surface area (Å²) in [5.74, 6) is 1.36. The molecule has 2 N–H and O–H groups in total. The molecule has 1 aliphatic carbocycles. The maximum Gasteiger partial charge on any atom is 0.183 e. The summed E-state index contributed by atoms with van der Waals surface area (Å²) < 4.78 is 10.7. The van der Waals surface area contributed by atoms with Gasteiger partial charge in [-0.1, -0.05) is 13.3 Å². The second-order valence-electron chi connectivity index (χ2n) is 5.63. The molecular formula is C15H24N2O3. The van der Waals surface area contributed by atoms with Crippen LogP contribution in [-0.2, 0) is 6.54 Å². The summed E-state index contributed by atoms with van der Waals surface area (Å²) in [7, 11) is 3.24. The highest BCUT2D eigenvalue weighted by molar-refractivity contribution is 5.42. The van der Waals surface area contributed by atoms with Crippen LogP contribution >= 0.6 is 0 Å². The number of pyridine rings is 1. The molecule has 5 heteroatoms. The molecule has 1 aromatic rings. The summed E-state index contributed by atoms with van der Waals surface area (Å²) in [6, 6.07) is 2.10.